The molecule has 0 unspecified atom stereocenters. The second kappa shape index (κ2) is 47.4. The van der Waals surface area contributed by atoms with Crippen molar-refractivity contribution in [3.05, 3.63) is 7.43 Å². The predicted octanol–water partition coefficient (Wildman–Crippen LogP) is 0.922. The summed E-state index contributed by atoms with van der Waals surface area (Å²) in [6.07, 6.45) is 0. The van der Waals surface area contributed by atoms with Crippen LogP contribution in [0.25, 0.3) is 0 Å². The Morgan fingerprint density at radius 2 is 1.25 bits per heavy atom. The molecule has 0 bridgehead atoms. The van der Waals surface area contributed by atoms with Gasteiger partial charge < -0.3 is 7.43 Å². The molecule has 0 spiro atoms. The average Bonchev–Trinajstić information content (AvgIpc) is 1.00. The average molecular weight is 258 g/mol. The zero-order valence-corrected chi connectivity index (χ0v) is 5.50. The fourth-order valence-electron chi connectivity index (χ4n) is 0. The van der Waals surface area contributed by atoms with Crippen molar-refractivity contribution in [2.24, 2.45) is 0 Å². The molecule has 0 atom stereocenters. The third-order valence-corrected chi connectivity index (χ3v) is 0. The first-order chi connectivity index (χ1) is 1.00. The Morgan fingerprint density at radius 1 is 1.25 bits per heavy atom. The van der Waals surface area contributed by atoms with Gasteiger partial charge >= 0.3 is 0 Å². The maximum atomic E-state index is 8.06. The Balaban J connectivity index is -0.00000000500. The van der Waals surface area contributed by atoms with Crippen molar-refractivity contribution in [1.82, 2.24) is 0 Å². The number of hydrogen-bond acceptors (Lipinski definition) is 1. The van der Waals surface area contributed by atoms with Crippen LogP contribution in [0.15, 0.2) is 0 Å². The van der Waals surface area contributed by atoms with Gasteiger partial charge in [0, 0.05) is 21.1 Å². The largest absolute Gasteiger partial charge is 0.358 e. The van der Waals surface area contributed by atoms with Crippen LogP contribution < -0.4 is 0 Å². The van der Waals surface area contributed by atoms with Gasteiger partial charge in [-0.15, -0.1) is 0 Å². The molecule has 0 N–H and O–H groups in total. The van der Waals surface area contributed by atoms with Crippen molar-refractivity contribution in [3.8, 4) is 0 Å². The van der Waals surface area contributed by atoms with Crippen LogP contribution >= 0.6 is 9.12 Å². The minimum absolute atomic E-state index is 0. The topological polar surface area (TPSA) is 17.1 Å². The van der Waals surface area contributed by atoms with Crippen LogP contribution in [0.5, 0.6) is 0 Å². The minimum Gasteiger partial charge on any atom is -0.358 e. The van der Waals surface area contributed by atoms with Gasteiger partial charge in [-0.25, -0.2) is 0 Å². The molecule has 0 saturated heterocycles. The van der Waals surface area contributed by atoms with E-state index in [1.165, 1.54) is 0 Å². The summed E-state index contributed by atoms with van der Waals surface area (Å²) in [4.78, 5) is 0. The van der Waals surface area contributed by atoms with Crippen molar-refractivity contribution in [2.45, 2.75) is 0 Å². The molecule has 30 valence electrons. The van der Waals surface area contributed by atoms with Crippen LogP contribution in [0, 0.1) is 7.43 Å². The summed E-state index contributed by atoms with van der Waals surface area (Å²) in [6, 6.07) is 0. The molecule has 0 rings (SSSR count). The van der Waals surface area contributed by atoms with Crippen molar-refractivity contribution in [2.75, 3.05) is 0 Å². The molecule has 0 saturated carbocycles. The van der Waals surface area contributed by atoms with Gasteiger partial charge in [0.1, 0.15) is 9.12 Å². The molecule has 4 heavy (non-hydrogen) atoms. The van der Waals surface area contributed by atoms with Crippen molar-refractivity contribution in [3.63, 3.8) is 0 Å². The van der Waals surface area contributed by atoms with E-state index in [1.54, 1.807) is 9.12 Å². The molecule has 0 fully saturated rings. The Morgan fingerprint density at radius 3 is 1.25 bits per heavy atom. The van der Waals surface area contributed by atoms with E-state index in [1.807, 2.05) is 0 Å². The molecular weight excluding hydrogens is 254 g/mol. The second-order valence-electron chi connectivity index (χ2n) is 0. The third kappa shape index (κ3) is 14.3. The van der Waals surface area contributed by atoms with Crippen molar-refractivity contribution >= 4 is 9.12 Å². The Labute approximate surface area is 42.7 Å². The summed E-state index contributed by atoms with van der Waals surface area (Å²) < 4.78 is 8.06. The second-order valence-corrected chi connectivity index (χ2v) is 0. The Kier molecular flexibility index (Phi) is 255. The van der Waals surface area contributed by atoms with E-state index in [4.69, 9.17) is 4.57 Å². The summed E-state index contributed by atoms with van der Waals surface area (Å²) in [7, 11) is 1.72. The van der Waals surface area contributed by atoms with Crippen LogP contribution in [0.4, 0.5) is 0 Å². The maximum absolute atomic E-state index is 8.06. The maximum Gasteiger partial charge on any atom is 0.138 e. The van der Waals surface area contributed by atoms with Crippen LogP contribution in [0.1, 0.15) is 0 Å². The fraction of sp³-hybridized carbons (Fsp3) is 0. The molecule has 3 heteroatoms. The quantitative estimate of drug-likeness (QED) is 0.466. The summed E-state index contributed by atoms with van der Waals surface area (Å²) >= 11 is 0. The van der Waals surface area contributed by atoms with Gasteiger partial charge in [0.05, 0.1) is 0 Å². The first-order valence-electron chi connectivity index (χ1n) is 0.204. The molecule has 0 radical (unpaired) electrons. The molecule has 0 aliphatic carbocycles. The third-order valence-electron chi connectivity index (χ3n) is 0. The van der Waals surface area contributed by atoms with Gasteiger partial charge in [0.2, 0.25) is 0 Å². The van der Waals surface area contributed by atoms with E-state index in [0.717, 1.165) is 0 Å². The van der Waals surface area contributed by atoms with E-state index in [2.05, 4.69) is 0 Å². The molecule has 0 heterocycles. The zero-order chi connectivity index (χ0) is 2.00. The van der Waals surface area contributed by atoms with Gasteiger partial charge in [-0.2, -0.15) is 0 Å². The molecule has 0 amide bonds. The number of hydrogen-bond donors (Lipinski definition) is 0. The predicted molar refractivity (Wildman–Crippen MR) is 15.4 cm³/mol. The first kappa shape index (κ1) is 21.5. The van der Waals surface area contributed by atoms with Crippen LogP contribution in [-0.4, -0.2) is 0 Å². The van der Waals surface area contributed by atoms with Crippen LogP contribution in [0.3, 0.4) is 0 Å². The fourth-order valence-corrected chi connectivity index (χ4v) is 0. The molecule has 0 aliphatic heterocycles. The van der Waals surface area contributed by atoms with Gasteiger partial charge in [-0.1, -0.05) is 0 Å². The first-order valence-corrected chi connectivity index (χ1v) is 0.612. The molecule has 0 aliphatic rings. The summed E-state index contributed by atoms with van der Waals surface area (Å²) in [6.45, 7) is 0. The van der Waals surface area contributed by atoms with Crippen molar-refractivity contribution in [1.29, 1.82) is 0 Å². The molecule has 1 nitrogen and oxygen atoms in total. The normalized spacial score (nSPS) is 1.00. The minimum atomic E-state index is 0. The van der Waals surface area contributed by atoms with E-state index in [-0.39, 0.29) is 28.5 Å². The van der Waals surface area contributed by atoms with E-state index >= 15 is 0 Å². The molecule has 0 aromatic rings. The standard InChI is InChI=1S/CH3.HOP.Pt/c;1-2;/h1H3;2H;/q-1;;. The monoisotopic (exact) mass is 258 g/mol. The van der Waals surface area contributed by atoms with Crippen LogP contribution in [0.2, 0.25) is 0 Å². The van der Waals surface area contributed by atoms with E-state index in [9.17, 15) is 0 Å². The van der Waals surface area contributed by atoms with Crippen molar-refractivity contribution < 1.29 is 25.6 Å². The van der Waals surface area contributed by atoms with Gasteiger partial charge in [0.15, 0.2) is 0 Å². The van der Waals surface area contributed by atoms with Gasteiger partial charge in [-0.05, 0) is 0 Å². The van der Waals surface area contributed by atoms with E-state index in [0.29, 0.717) is 0 Å². The SMILES string of the molecule is O=P.[CH3-].[Pt]. The molecule has 0 aromatic heterocycles. The van der Waals surface area contributed by atoms with Gasteiger partial charge in [0.25, 0.3) is 0 Å². The van der Waals surface area contributed by atoms with Gasteiger partial charge in [-0.3, -0.25) is 4.57 Å². The Bertz CT molecular complexity index is 8.00. The zero-order valence-electron chi connectivity index (χ0n) is 2.22. The Hall–Kier alpha value is 0.788. The van der Waals surface area contributed by atoms with E-state index < -0.39 is 0 Å². The molecule has 0 aromatic carbocycles. The summed E-state index contributed by atoms with van der Waals surface area (Å²) in [5.74, 6) is 0. The molecular formula is CH4OPPt-. The summed E-state index contributed by atoms with van der Waals surface area (Å²) in [5, 5.41) is 0. The number of rotatable bonds is 0. The van der Waals surface area contributed by atoms with Crippen LogP contribution in [-0.2, 0) is 25.6 Å². The summed E-state index contributed by atoms with van der Waals surface area (Å²) in [5.41, 5.74) is 0. The smallest absolute Gasteiger partial charge is 0.138 e.